The van der Waals surface area contributed by atoms with Gasteiger partial charge < -0.3 is 4.52 Å². The number of hydrogen-bond acceptors (Lipinski definition) is 3. The Hall–Kier alpha value is -2.42. The van der Waals surface area contributed by atoms with E-state index in [0.29, 0.717) is 11.7 Å². The highest BCUT2D eigenvalue weighted by Crippen LogP contribution is 2.19. The van der Waals surface area contributed by atoms with Crippen LogP contribution in [0.4, 0.5) is 0 Å². The van der Waals surface area contributed by atoms with Crippen LogP contribution in [0.25, 0.3) is 17.0 Å². The van der Waals surface area contributed by atoms with Crippen molar-refractivity contribution in [1.82, 2.24) is 10.1 Å². The lowest BCUT2D eigenvalue weighted by molar-refractivity contribution is 0.408. The van der Waals surface area contributed by atoms with E-state index in [1.807, 2.05) is 56.3 Å². The Morgan fingerprint density at radius 3 is 2.63 bits per heavy atom. The maximum Gasteiger partial charge on any atom is 0.253 e. The zero-order valence-electron chi connectivity index (χ0n) is 11.1. The third-order valence-corrected chi connectivity index (χ3v) is 2.67. The molecule has 1 heterocycles. The average molecular weight is 252 g/mol. The summed E-state index contributed by atoms with van der Waals surface area (Å²) in [5, 5.41) is 3.99. The van der Waals surface area contributed by atoms with Crippen LogP contribution in [0.5, 0.6) is 0 Å². The van der Waals surface area contributed by atoms with Crippen molar-refractivity contribution in [1.29, 1.82) is 0 Å². The minimum atomic E-state index is 0.532. The molecule has 1 aromatic carbocycles. The first kappa shape index (κ1) is 13.0. The summed E-state index contributed by atoms with van der Waals surface area (Å²) in [6.07, 6.45) is 7.36. The lowest BCUT2D eigenvalue weighted by Gasteiger charge is -1.94. The van der Waals surface area contributed by atoms with Crippen molar-refractivity contribution in [2.24, 2.45) is 0 Å². The molecule has 0 saturated heterocycles. The standard InChI is InChI=1S/C16H16N2O/c1-4-5-6-7-13(3)16-17-15(18-19-16)14-10-8-12(2)9-11-14/h4-11H,1H2,2-3H3/b6-5-,13-7+. The second kappa shape index (κ2) is 5.96. The maximum absolute atomic E-state index is 5.25. The second-order valence-corrected chi connectivity index (χ2v) is 4.26. The van der Waals surface area contributed by atoms with E-state index in [1.54, 1.807) is 6.08 Å². The van der Waals surface area contributed by atoms with Crippen molar-refractivity contribution in [2.45, 2.75) is 13.8 Å². The van der Waals surface area contributed by atoms with Crippen LogP contribution in [-0.2, 0) is 0 Å². The number of rotatable bonds is 4. The predicted molar refractivity (Wildman–Crippen MR) is 77.5 cm³/mol. The third kappa shape index (κ3) is 3.28. The van der Waals surface area contributed by atoms with Crippen LogP contribution in [-0.4, -0.2) is 10.1 Å². The number of benzene rings is 1. The van der Waals surface area contributed by atoms with Crippen molar-refractivity contribution in [3.63, 3.8) is 0 Å². The fourth-order valence-corrected chi connectivity index (χ4v) is 1.55. The first-order chi connectivity index (χ1) is 9.20. The third-order valence-electron chi connectivity index (χ3n) is 2.67. The van der Waals surface area contributed by atoms with Crippen LogP contribution in [0.2, 0.25) is 0 Å². The van der Waals surface area contributed by atoms with Gasteiger partial charge in [-0.25, -0.2) is 0 Å². The van der Waals surface area contributed by atoms with E-state index in [2.05, 4.69) is 16.7 Å². The Balaban J connectivity index is 2.23. The lowest BCUT2D eigenvalue weighted by atomic mass is 10.1. The molecule has 0 saturated carbocycles. The van der Waals surface area contributed by atoms with E-state index in [1.165, 1.54) is 5.56 Å². The number of nitrogens with zero attached hydrogens (tertiary/aromatic N) is 2. The highest BCUT2D eigenvalue weighted by molar-refractivity contribution is 5.61. The fourth-order valence-electron chi connectivity index (χ4n) is 1.55. The number of hydrogen-bond donors (Lipinski definition) is 0. The van der Waals surface area contributed by atoms with Gasteiger partial charge in [0.1, 0.15) is 0 Å². The van der Waals surface area contributed by atoms with E-state index in [9.17, 15) is 0 Å². The molecule has 0 unspecified atom stereocenters. The number of aryl methyl sites for hydroxylation is 1. The molecule has 0 aliphatic rings. The van der Waals surface area contributed by atoms with Crippen LogP contribution in [0, 0.1) is 6.92 Å². The molecule has 2 rings (SSSR count). The molecule has 3 nitrogen and oxygen atoms in total. The molecule has 0 aliphatic carbocycles. The van der Waals surface area contributed by atoms with Gasteiger partial charge in [0.15, 0.2) is 0 Å². The molecule has 0 bridgehead atoms. The smallest absolute Gasteiger partial charge is 0.253 e. The molecular weight excluding hydrogens is 236 g/mol. The van der Waals surface area contributed by atoms with Gasteiger partial charge in [-0.15, -0.1) is 0 Å². The molecule has 0 atom stereocenters. The van der Waals surface area contributed by atoms with Gasteiger partial charge in [0.25, 0.3) is 5.89 Å². The van der Waals surface area contributed by atoms with E-state index in [-0.39, 0.29) is 0 Å². The zero-order chi connectivity index (χ0) is 13.7. The largest absolute Gasteiger partial charge is 0.334 e. The monoisotopic (exact) mass is 252 g/mol. The first-order valence-corrected chi connectivity index (χ1v) is 6.08. The van der Waals surface area contributed by atoms with E-state index in [0.717, 1.165) is 11.1 Å². The Kier molecular flexibility index (Phi) is 4.08. The minimum Gasteiger partial charge on any atom is -0.334 e. The van der Waals surface area contributed by atoms with E-state index in [4.69, 9.17) is 4.52 Å². The minimum absolute atomic E-state index is 0.532. The normalized spacial score (nSPS) is 12.0. The Morgan fingerprint density at radius 2 is 1.95 bits per heavy atom. The molecule has 96 valence electrons. The van der Waals surface area contributed by atoms with Gasteiger partial charge in [-0.2, -0.15) is 4.98 Å². The summed E-state index contributed by atoms with van der Waals surface area (Å²) < 4.78 is 5.25. The molecule has 0 aliphatic heterocycles. The molecule has 0 radical (unpaired) electrons. The van der Waals surface area contributed by atoms with Gasteiger partial charge in [-0.05, 0) is 13.8 Å². The highest BCUT2D eigenvalue weighted by Gasteiger charge is 2.09. The van der Waals surface area contributed by atoms with Gasteiger partial charge >= 0.3 is 0 Å². The Labute approximate surface area is 113 Å². The van der Waals surface area contributed by atoms with Gasteiger partial charge in [-0.3, -0.25) is 0 Å². The zero-order valence-corrected chi connectivity index (χ0v) is 11.1. The summed E-state index contributed by atoms with van der Waals surface area (Å²) >= 11 is 0. The van der Waals surface area contributed by atoms with Gasteiger partial charge in [0, 0.05) is 11.1 Å². The summed E-state index contributed by atoms with van der Waals surface area (Å²) in [7, 11) is 0. The van der Waals surface area contributed by atoms with E-state index < -0.39 is 0 Å². The van der Waals surface area contributed by atoms with Crippen LogP contribution < -0.4 is 0 Å². The molecule has 0 amide bonds. The van der Waals surface area contributed by atoms with E-state index >= 15 is 0 Å². The summed E-state index contributed by atoms with van der Waals surface area (Å²) in [4.78, 5) is 4.38. The van der Waals surface area contributed by atoms with Crippen molar-refractivity contribution in [2.75, 3.05) is 0 Å². The predicted octanol–water partition coefficient (Wildman–Crippen LogP) is 4.19. The Morgan fingerprint density at radius 1 is 1.21 bits per heavy atom. The average Bonchev–Trinajstić information content (AvgIpc) is 2.89. The summed E-state index contributed by atoms with van der Waals surface area (Å²) in [5.74, 6) is 1.14. The molecule has 1 aromatic heterocycles. The van der Waals surface area contributed by atoms with Crippen molar-refractivity contribution < 1.29 is 4.52 Å². The summed E-state index contributed by atoms with van der Waals surface area (Å²) in [6, 6.07) is 8.03. The summed E-state index contributed by atoms with van der Waals surface area (Å²) in [6.45, 7) is 7.59. The SMILES string of the molecule is C=C/C=C\C=C(/C)c1nc(-c2ccc(C)cc2)no1. The quantitative estimate of drug-likeness (QED) is 0.766. The molecule has 3 heteroatoms. The number of aromatic nitrogens is 2. The highest BCUT2D eigenvalue weighted by atomic mass is 16.5. The molecule has 19 heavy (non-hydrogen) atoms. The van der Waals surface area contributed by atoms with Crippen molar-refractivity contribution >= 4 is 5.57 Å². The van der Waals surface area contributed by atoms with Gasteiger partial charge in [-0.1, -0.05) is 65.9 Å². The summed E-state index contributed by atoms with van der Waals surface area (Å²) in [5.41, 5.74) is 3.08. The van der Waals surface area contributed by atoms with Crippen LogP contribution in [0.3, 0.4) is 0 Å². The van der Waals surface area contributed by atoms with Gasteiger partial charge in [0.2, 0.25) is 5.82 Å². The molecule has 0 spiro atoms. The molecule has 2 aromatic rings. The van der Waals surface area contributed by atoms with Crippen LogP contribution >= 0.6 is 0 Å². The fraction of sp³-hybridized carbons (Fsp3) is 0.125. The molecule has 0 N–H and O–H groups in total. The van der Waals surface area contributed by atoms with Crippen LogP contribution in [0.1, 0.15) is 18.4 Å². The lowest BCUT2D eigenvalue weighted by Crippen LogP contribution is -1.82. The van der Waals surface area contributed by atoms with Crippen molar-refractivity contribution in [3.8, 4) is 11.4 Å². The molecular formula is C16H16N2O. The maximum atomic E-state index is 5.25. The van der Waals surface area contributed by atoms with Gasteiger partial charge in [0.05, 0.1) is 0 Å². The first-order valence-electron chi connectivity index (χ1n) is 6.08. The second-order valence-electron chi connectivity index (χ2n) is 4.26. The topological polar surface area (TPSA) is 38.9 Å². The Bertz CT molecular complexity index is 618. The number of allylic oxidation sites excluding steroid dienone is 5. The van der Waals surface area contributed by atoms with Crippen LogP contribution in [0.15, 0.2) is 59.7 Å². The molecule has 0 fully saturated rings. The van der Waals surface area contributed by atoms with Crippen molar-refractivity contribution in [3.05, 3.63) is 66.6 Å².